The number of carbonyl (C=O) groups excluding carboxylic acids is 2. The summed E-state index contributed by atoms with van der Waals surface area (Å²) >= 11 is 1.33. The van der Waals surface area contributed by atoms with Gasteiger partial charge in [-0.2, -0.15) is 0 Å². The molecule has 0 bridgehead atoms. The van der Waals surface area contributed by atoms with Crippen molar-refractivity contribution in [2.45, 2.75) is 33.6 Å². The highest BCUT2D eigenvalue weighted by molar-refractivity contribution is 7.16. The van der Waals surface area contributed by atoms with Gasteiger partial charge in [0.2, 0.25) is 5.91 Å². The number of aryl methyl sites for hydroxylation is 1. The molecule has 0 unspecified atom stereocenters. The van der Waals surface area contributed by atoms with E-state index < -0.39 is 10.9 Å². The second kappa shape index (κ2) is 8.57. The van der Waals surface area contributed by atoms with Gasteiger partial charge in [0, 0.05) is 17.0 Å². The van der Waals surface area contributed by atoms with Gasteiger partial charge in [0.05, 0.1) is 23.5 Å². The second-order valence-corrected chi connectivity index (χ2v) is 7.00. The maximum absolute atomic E-state index is 12.3. The molecule has 1 N–H and O–H groups in total. The molecule has 1 aromatic heterocycles. The van der Waals surface area contributed by atoms with E-state index in [1.165, 1.54) is 23.5 Å². The lowest BCUT2D eigenvalue weighted by atomic mass is 10.1. The first-order chi connectivity index (χ1) is 12.3. The van der Waals surface area contributed by atoms with Crippen molar-refractivity contribution in [1.29, 1.82) is 0 Å². The van der Waals surface area contributed by atoms with Crippen LogP contribution in [-0.2, 0) is 16.0 Å². The van der Waals surface area contributed by atoms with Gasteiger partial charge in [0.25, 0.3) is 5.69 Å². The minimum atomic E-state index is -0.491. The monoisotopic (exact) mass is 376 g/mol. The molecule has 0 fully saturated rings. The van der Waals surface area contributed by atoms with Crippen LogP contribution in [0.15, 0.2) is 24.3 Å². The molecule has 0 spiro atoms. The van der Waals surface area contributed by atoms with Gasteiger partial charge in [-0.25, -0.2) is 4.79 Å². The fraction of sp³-hybridized carbons (Fsp3) is 0.333. The molecular weight excluding hydrogens is 356 g/mol. The number of thiophene rings is 1. The first-order valence-electron chi connectivity index (χ1n) is 8.13. The fourth-order valence-electron chi connectivity index (χ4n) is 2.32. The lowest BCUT2D eigenvalue weighted by Gasteiger charge is -2.08. The number of nitro benzene ring substituents is 1. The number of non-ortho nitro benzene ring substituents is 1. The van der Waals surface area contributed by atoms with Gasteiger partial charge in [-0.3, -0.25) is 14.9 Å². The van der Waals surface area contributed by atoms with E-state index in [2.05, 4.69) is 5.32 Å². The molecule has 1 amide bonds. The number of nitrogens with one attached hydrogen (secondary N) is 1. The smallest absolute Gasteiger partial charge is 0.341 e. The zero-order valence-electron chi connectivity index (χ0n) is 14.8. The first-order valence-corrected chi connectivity index (χ1v) is 8.95. The van der Waals surface area contributed by atoms with E-state index in [0.29, 0.717) is 22.7 Å². The number of hydrogen-bond acceptors (Lipinski definition) is 6. The van der Waals surface area contributed by atoms with Crippen LogP contribution in [0.2, 0.25) is 0 Å². The van der Waals surface area contributed by atoms with Crippen LogP contribution < -0.4 is 5.32 Å². The Morgan fingerprint density at radius 3 is 2.46 bits per heavy atom. The van der Waals surface area contributed by atoms with Gasteiger partial charge in [-0.15, -0.1) is 11.3 Å². The molecule has 0 aliphatic heterocycles. The number of amides is 1. The van der Waals surface area contributed by atoms with Gasteiger partial charge in [0.15, 0.2) is 0 Å². The molecule has 0 atom stereocenters. The van der Waals surface area contributed by atoms with Crippen LogP contribution in [0, 0.1) is 24.0 Å². The summed E-state index contributed by atoms with van der Waals surface area (Å²) in [6.45, 7) is 5.93. The fourth-order valence-corrected chi connectivity index (χ4v) is 3.38. The topological polar surface area (TPSA) is 98.5 Å². The van der Waals surface area contributed by atoms with E-state index in [1.807, 2.05) is 20.8 Å². The molecule has 8 heteroatoms. The molecule has 138 valence electrons. The lowest BCUT2D eigenvalue weighted by Crippen LogP contribution is -2.16. The SMILES string of the molecule is CCCOC(=O)c1c(NC(=O)Cc2ccc([N+](=O)[O-])cc2)sc(C)c1C. The molecule has 0 saturated carbocycles. The molecular formula is C18H20N2O5S. The van der Waals surface area contributed by atoms with Crippen molar-refractivity contribution in [1.82, 2.24) is 0 Å². The summed E-state index contributed by atoms with van der Waals surface area (Å²) in [4.78, 5) is 35.7. The van der Waals surface area contributed by atoms with Crippen molar-refractivity contribution in [2.75, 3.05) is 11.9 Å². The molecule has 2 aromatic rings. The number of ether oxygens (including phenoxy) is 1. The van der Waals surface area contributed by atoms with Crippen LogP contribution in [0.25, 0.3) is 0 Å². The number of benzene rings is 1. The Morgan fingerprint density at radius 2 is 1.88 bits per heavy atom. The van der Waals surface area contributed by atoms with Crippen molar-refractivity contribution in [2.24, 2.45) is 0 Å². The van der Waals surface area contributed by atoms with Gasteiger partial charge < -0.3 is 10.1 Å². The van der Waals surface area contributed by atoms with Crippen LogP contribution in [0.3, 0.4) is 0 Å². The van der Waals surface area contributed by atoms with E-state index in [-0.39, 0.29) is 18.0 Å². The Morgan fingerprint density at radius 1 is 1.23 bits per heavy atom. The van der Waals surface area contributed by atoms with Crippen molar-refractivity contribution in [3.63, 3.8) is 0 Å². The molecule has 26 heavy (non-hydrogen) atoms. The number of carbonyl (C=O) groups is 2. The lowest BCUT2D eigenvalue weighted by molar-refractivity contribution is -0.384. The Balaban J connectivity index is 2.12. The summed E-state index contributed by atoms with van der Waals surface area (Å²) in [6, 6.07) is 5.79. The van der Waals surface area contributed by atoms with Crippen LogP contribution >= 0.6 is 11.3 Å². The van der Waals surface area contributed by atoms with Crippen molar-refractivity contribution in [3.8, 4) is 0 Å². The van der Waals surface area contributed by atoms with Crippen molar-refractivity contribution < 1.29 is 19.2 Å². The van der Waals surface area contributed by atoms with E-state index in [9.17, 15) is 19.7 Å². The Labute approximate surface area is 155 Å². The van der Waals surface area contributed by atoms with Crippen LogP contribution in [0.1, 0.15) is 39.7 Å². The first kappa shape index (κ1) is 19.6. The van der Waals surface area contributed by atoms with E-state index in [0.717, 1.165) is 16.9 Å². The van der Waals surface area contributed by atoms with Crippen molar-refractivity contribution >= 4 is 33.9 Å². The number of rotatable bonds is 7. The molecule has 0 aliphatic carbocycles. The van der Waals surface area contributed by atoms with Crippen LogP contribution in [0.5, 0.6) is 0 Å². The Hall–Kier alpha value is -2.74. The number of nitro groups is 1. The van der Waals surface area contributed by atoms with Gasteiger partial charge >= 0.3 is 5.97 Å². The highest BCUT2D eigenvalue weighted by Gasteiger charge is 2.22. The quantitative estimate of drug-likeness (QED) is 0.447. The molecule has 0 radical (unpaired) electrons. The highest BCUT2D eigenvalue weighted by Crippen LogP contribution is 2.33. The van der Waals surface area contributed by atoms with Gasteiger partial charge in [-0.05, 0) is 31.4 Å². The molecule has 2 rings (SSSR count). The van der Waals surface area contributed by atoms with Crippen LogP contribution in [0.4, 0.5) is 10.7 Å². The largest absolute Gasteiger partial charge is 0.462 e. The molecule has 0 aliphatic rings. The molecule has 1 heterocycles. The summed E-state index contributed by atoms with van der Waals surface area (Å²) < 4.78 is 5.20. The number of nitrogens with zero attached hydrogens (tertiary/aromatic N) is 1. The Kier molecular flexibility index (Phi) is 6.46. The summed E-state index contributed by atoms with van der Waals surface area (Å²) in [5, 5.41) is 13.9. The number of anilines is 1. The van der Waals surface area contributed by atoms with Gasteiger partial charge in [-0.1, -0.05) is 19.1 Å². The molecule has 7 nitrogen and oxygen atoms in total. The average molecular weight is 376 g/mol. The van der Waals surface area contributed by atoms with Gasteiger partial charge in [0.1, 0.15) is 5.00 Å². The third kappa shape index (κ3) is 4.66. The number of esters is 1. The third-order valence-electron chi connectivity index (χ3n) is 3.79. The normalized spacial score (nSPS) is 10.4. The summed E-state index contributed by atoms with van der Waals surface area (Å²) in [7, 11) is 0. The summed E-state index contributed by atoms with van der Waals surface area (Å²) in [5.74, 6) is -0.746. The second-order valence-electron chi connectivity index (χ2n) is 5.77. The predicted molar refractivity (Wildman–Crippen MR) is 99.8 cm³/mol. The zero-order valence-corrected chi connectivity index (χ0v) is 15.6. The summed E-state index contributed by atoms with van der Waals surface area (Å²) in [6.07, 6.45) is 0.771. The zero-order chi connectivity index (χ0) is 19.3. The third-order valence-corrected chi connectivity index (χ3v) is 4.91. The maximum atomic E-state index is 12.3. The molecule has 0 saturated heterocycles. The highest BCUT2D eigenvalue weighted by atomic mass is 32.1. The van der Waals surface area contributed by atoms with E-state index in [1.54, 1.807) is 12.1 Å². The minimum Gasteiger partial charge on any atom is -0.462 e. The average Bonchev–Trinajstić information content (AvgIpc) is 2.87. The van der Waals surface area contributed by atoms with E-state index in [4.69, 9.17) is 4.74 Å². The van der Waals surface area contributed by atoms with Crippen LogP contribution in [-0.4, -0.2) is 23.4 Å². The predicted octanol–water partition coefficient (Wildman–Crippen LogP) is 4.02. The Bertz CT molecular complexity index is 827. The minimum absolute atomic E-state index is 0.0281. The number of hydrogen-bond donors (Lipinski definition) is 1. The maximum Gasteiger partial charge on any atom is 0.341 e. The molecule has 1 aromatic carbocycles. The van der Waals surface area contributed by atoms with Crippen molar-refractivity contribution in [3.05, 3.63) is 55.9 Å². The standard InChI is InChI=1S/C18H20N2O5S/c1-4-9-25-18(22)16-11(2)12(3)26-17(16)19-15(21)10-13-5-7-14(8-6-13)20(23)24/h5-8H,4,9-10H2,1-3H3,(H,19,21). The van der Waals surface area contributed by atoms with E-state index >= 15 is 0 Å². The summed E-state index contributed by atoms with van der Waals surface area (Å²) in [5.41, 5.74) is 1.80.